The van der Waals surface area contributed by atoms with Crippen molar-refractivity contribution in [2.24, 2.45) is 0 Å². The predicted molar refractivity (Wildman–Crippen MR) is 119 cm³/mol. The lowest BCUT2D eigenvalue weighted by atomic mass is 9.97. The molecule has 7 nitrogen and oxygen atoms in total. The number of hydrogen-bond acceptors (Lipinski definition) is 4. The third-order valence-corrected chi connectivity index (χ3v) is 5.52. The fraction of sp³-hybridized carbons (Fsp3) is 0.125. The van der Waals surface area contributed by atoms with Gasteiger partial charge in [0, 0.05) is 5.02 Å². The highest BCUT2D eigenvalue weighted by Gasteiger charge is 2.44. The van der Waals surface area contributed by atoms with Crippen molar-refractivity contribution < 1.29 is 37.4 Å². The average Bonchev–Trinajstić information content (AvgIpc) is 2.88. The Morgan fingerprint density at radius 3 is 2.29 bits per heavy atom. The number of rotatable bonds is 5. The van der Waals surface area contributed by atoms with E-state index in [1.54, 1.807) is 18.2 Å². The molecule has 1 heterocycles. The summed E-state index contributed by atoms with van der Waals surface area (Å²) in [6.45, 7) is 0. The molecule has 180 valence electrons. The third kappa shape index (κ3) is 5.07. The highest BCUT2D eigenvalue weighted by atomic mass is 35.5. The summed E-state index contributed by atoms with van der Waals surface area (Å²) in [7, 11) is 0. The Morgan fingerprint density at radius 2 is 1.69 bits per heavy atom. The van der Waals surface area contributed by atoms with Crippen LogP contribution in [0, 0.1) is 0 Å². The van der Waals surface area contributed by atoms with E-state index in [4.69, 9.17) is 11.6 Å². The lowest BCUT2D eigenvalue weighted by Gasteiger charge is -2.34. The minimum Gasteiger partial charge on any atom is -0.479 e. The highest BCUT2D eigenvalue weighted by molar-refractivity contribution is 6.31. The molecule has 35 heavy (non-hydrogen) atoms. The van der Waals surface area contributed by atoms with Crippen LogP contribution in [0.25, 0.3) is 0 Å². The molecule has 0 bridgehead atoms. The third-order valence-electron chi connectivity index (χ3n) is 5.29. The topological polar surface area (TPSA) is 95.9 Å². The maximum Gasteiger partial charge on any atom is 0.573 e. The molecular weight excluding hydrogens is 489 g/mol. The molecule has 2 atom stereocenters. The van der Waals surface area contributed by atoms with Gasteiger partial charge in [0.05, 0.1) is 11.3 Å². The number of ether oxygens (including phenoxy) is 1. The quantitative estimate of drug-likeness (QED) is 0.498. The molecule has 0 aliphatic carbocycles. The molecule has 4 rings (SSSR count). The molecule has 0 spiro atoms. The van der Waals surface area contributed by atoms with Crippen LogP contribution in [0.15, 0.2) is 72.8 Å². The van der Waals surface area contributed by atoms with Crippen LogP contribution in [0.3, 0.4) is 0 Å². The minimum atomic E-state index is -4.92. The Bertz CT molecular complexity index is 1280. The molecule has 1 aliphatic heterocycles. The summed E-state index contributed by atoms with van der Waals surface area (Å²) in [5.74, 6) is -3.50. The smallest absolute Gasteiger partial charge is 0.479 e. The summed E-state index contributed by atoms with van der Waals surface area (Å²) in [5.41, 5.74) is 0.380. The van der Waals surface area contributed by atoms with Gasteiger partial charge >= 0.3 is 12.3 Å². The van der Waals surface area contributed by atoms with Crippen molar-refractivity contribution in [2.45, 2.75) is 18.4 Å². The van der Waals surface area contributed by atoms with Crippen molar-refractivity contribution in [3.63, 3.8) is 0 Å². The summed E-state index contributed by atoms with van der Waals surface area (Å²) < 4.78 is 41.6. The Balaban J connectivity index is 1.87. The van der Waals surface area contributed by atoms with E-state index >= 15 is 0 Å². The lowest BCUT2D eigenvalue weighted by molar-refractivity contribution is -0.274. The van der Waals surface area contributed by atoms with E-state index in [1.165, 1.54) is 42.5 Å². The van der Waals surface area contributed by atoms with E-state index in [2.05, 4.69) is 10.1 Å². The van der Waals surface area contributed by atoms with Gasteiger partial charge in [0.15, 0.2) is 6.04 Å². The number of carboxylic acid groups (broad SMARTS) is 1. The molecule has 0 saturated heterocycles. The van der Waals surface area contributed by atoms with E-state index in [0.717, 1.165) is 17.0 Å². The number of nitrogens with one attached hydrogen (secondary N) is 1. The van der Waals surface area contributed by atoms with Gasteiger partial charge in [-0.1, -0.05) is 54.1 Å². The van der Waals surface area contributed by atoms with Crippen LogP contribution in [0.1, 0.15) is 33.6 Å². The Kier molecular flexibility index (Phi) is 6.40. The molecule has 3 aromatic rings. The highest BCUT2D eigenvalue weighted by Crippen LogP contribution is 2.39. The first-order valence-corrected chi connectivity index (χ1v) is 10.5. The van der Waals surface area contributed by atoms with Crippen molar-refractivity contribution in [3.8, 4) is 5.75 Å². The first-order valence-electron chi connectivity index (χ1n) is 10.1. The summed E-state index contributed by atoms with van der Waals surface area (Å²) >= 11 is 6.02. The molecule has 0 radical (unpaired) electrons. The van der Waals surface area contributed by atoms with Gasteiger partial charge in [-0.25, -0.2) is 4.79 Å². The van der Waals surface area contributed by atoms with E-state index in [0.29, 0.717) is 0 Å². The largest absolute Gasteiger partial charge is 0.573 e. The number of nitrogens with zero attached hydrogens (tertiary/aromatic N) is 1. The molecule has 0 aromatic heterocycles. The van der Waals surface area contributed by atoms with Crippen molar-refractivity contribution >= 4 is 35.1 Å². The monoisotopic (exact) mass is 504 g/mol. The van der Waals surface area contributed by atoms with Crippen molar-refractivity contribution in [1.29, 1.82) is 0 Å². The number of fused-ring (bicyclic) bond motifs is 1. The van der Waals surface area contributed by atoms with E-state index in [1.807, 2.05) is 0 Å². The van der Waals surface area contributed by atoms with Gasteiger partial charge in [-0.2, -0.15) is 0 Å². The summed E-state index contributed by atoms with van der Waals surface area (Å²) in [6, 6.07) is 13.1. The summed E-state index contributed by atoms with van der Waals surface area (Å²) in [4.78, 5) is 40.4. The molecule has 3 aromatic carbocycles. The number of carbonyl (C=O) groups is 3. The Labute approximate surface area is 201 Å². The number of benzene rings is 3. The Hall–Kier alpha value is -4.05. The van der Waals surface area contributed by atoms with Crippen LogP contribution in [-0.4, -0.2) is 34.2 Å². The first-order chi connectivity index (χ1) is 16.5. The molecule has 2 N–H and O–H groups in total. The summed E-state index contributed by atoms with van der Waals surface area (Å²) in [5, 5.41) is 12.9. The zero-order chi connectivity index (χ0) is 25.3. The maximum atomic E-state index is 13.7. The second-order valence-electron chi connectivity index (χ2n) is 7.56. The molecule has 0 saturated carbocycles. The maximum absolute atomic E-state index is 13.7. The van der Waals surface area contributed by atoms with Gasteiger partial charge in [-0.3, -0.25) is 9.59 Å². The van der Waals surface area contributed by atoms with Crippen LogP contribution in [0.5, 0.6) is 5.75 Å². The second kappa shape index (κ2) is 9.30. The number of alkyl halides is 3. The SMILES string of the molecule is O=C(O)C(c1ccccc1)N1C(=O)c2ccc(Cl)cc2NC(=O)C1c1ccc(OC(F)(F)F)cc1. The Morgan fingerprint density at radius 1 is 1.03 bits per heavy atom. The summed E-state index contributed by atoms with van der Waals surface area (Å²) in [6.07, 6.45) is -4.92. The molecule has 0 fully saturated rings. The van der Waals surface area contributed by atoms with Crippen LogP contribution >= 0.6 is 11.6 Å². The zero-order valence-corrected chi connectivity index (χ0v) is 18.4. The van der Waals surface area contributed by atoms with Gasteiger partial charge in [0.2, 0.25) is 0 Å². The number of carboxylic acids is 1. The number of amides is 2. The standard InChI is InChI=1S/C24H16ClF3N2O5/c25-15-8-11-17-18(12-15)29-21(31)19(14-6-9-16(10-7-14)35-24(26,27)28)30(22(17)32)20(23(33)34)13-4-2-1-3-5-13/h1-12,19-20H,(H,29,31)(H,33,34). The van der Waals surface area contributed by atoms with Crippen molar-refractivity contribution in [3.05, 3.63) is 94.5 Å². The van der Waals surface area contributed by atoms with Crippen LogP contribution in [-0.2, 0) is 9.59 Å². The van der Waals surface area contributed by atoms with Gasteiger partial charge in [-0.15, -0.1) is 13.2 Å². The van der Waals surface area contributed by atoms with Gasteiger partial charge in [0.1, 0.15) is 11.8 Å². The minimum absolute atomic E-state index is 0.00413. The average molecular weight is 505 g/mol. The van der Waals surface area contributed by atoms with Gasteiger partial charge < -0.3 is 20.1 Å². The van der Waals surface area contributed by atoms with E-state index in [-0.39, 0.29) is 27.4 Å². The number of halogens is 4. The number of anilines is 1. The fourth-order valence-electron chi connectivity index (χ4n) is 3.88. The molecule has 2 unspecified atom stereocenters. The van der Waals surface area contributed by atoms with Crippen molar-refractivity contribution in [2.75, 3.05) is 5.32 Å². The van der Waals surface area contributed by atoms with Crippen LogP contribution in [0.2, 0.25) is 5.02 Å². The number of hydrogen-bond donors (Lipinski definition) is 2. The first kappa shape index (κ1) is 24.1. The number of carbonyl (C=O) groups excluding carboxylic acids is 2. The molecule has 2 amide bonds. The van der Waals surface area contributed by atoms with Crippen molar-refractivity contribution in [1.82, 2.24) is 4.90 Å². The molecule has 1 aliphatic rings. The second-order valence-corrected chi connectivity index (χ2v) is 8.00. The lowest BCUT2D eigenvalue weighted by Crippen LogP contribution is -2.44. The molecular formula is C24H16ClF3N2O5. The molecule has 11 heteroatoms. The predicted octanol–water partition coefficient (Wildman–Crippen LogP) is 5.20. The van der Waals surface area contributed by atoms with Crippen LogP contribution < -0.4 is 10.1 Å². The number of aliphatic carboxylic acids is 1. The zero-order valence-electron chi connectivity index (χ0n) is 17.6. The van der Waals surface area contributed by atoms with E-state index < -0.39 is 42.0 Å². The van der Waals surface area contributed by atoms with Gasteiger partial charge in [0.25, 0.3) is 11.8 Å². The van der Waals surface area contributed by atoms with E-state index in [9.17, 15) is 32.7 Å². The van der Waals surface area contributed by atoms with Gasteiger partial charge in [-0.05, 0) is 41.5 Å². The van der Waals surface area contributed by atoms with Crippen LogP contribution in [0.4, 0.5) is 18.9 Å². The fourth-order valence-corrected chi connectivity index (χ4v) is 4.05. The normalized spacial score (nSPS) is 16.7.